The molecule has 1 aromatic rings. The van der Waals surface area contributed by atoms with Gasteiger partial charge in [0.2, 0.25) is 5.54 Å². The molecule has 106 valence electrons. The van der Waals surface area contributed by atoms with Crippen LogP contribution in [0.5, 0.6) is 0 Å². The second-order valence-electron chi connectivity index (χ2n) is 4.83. The van der Waals surface area contributed by atoms with E-state index in [1.165, 1.54) is 0 Å². The Morgan fingerprint density at radius 1 is 1.21 bits per heavy atom. The Morgan fingerprint density at radius 2 is 1.63 bits per heavy atom. The van der Waals surface area contributed by atoms with Crippen LogP contribution in [0.25, 0.3) is 0 Å². The fraction of sp³-hybridized carbons (Fsp3) is 0.462. The van der Waals surface area contributed by atoms with Crippen molar-refractivity contribution in [1.29, 1.82) is 0 Å². The number of carbonyl (C=O) groups is 1. The van der Waals surface area contributed by atoms with E-state index in [0.29, 0.717) is 16.7 Å². The number of nitrogens with two attached hydrogens (primary N) is 1. The van der Waals surface area contributed by atoms with Gasteiger partial charge in [0.05, 0.1) is 0 Å². The van der Waals surface area contributed by atoms with E-state index >= 15 is 0 Å². The van der Waals surface area contributed by atoms with Crippen LogP contribution in [0.2, 0.25) is 0 Å². The fourth-order valence-corrected chi connectivity index (χ4v) is 2.06. The predicted molar refractivity (Wildman–Crippen MR) is 65.0 cm³/mol. The first-order valence-corrected chi connectivity index (χ1v) is 5.65. The SMILES string of the molecule is Cc1cc(C)c(CC(N)(C(=O)O)C(F)(F)F)c(C)c1. The van der Waals surface area contributed by atoms with Crippen molar-refractivity contribution in [3.63, 3.8) is 0 Å². The van der Waals surface area contributed by atoms with Crippen molar-refractivity contribution in [2.24, 2.45) is 5.73 Å². The van der Waals surface area contributed by atoms with Crippen LogP contribution in [0, 0.1) is 20.8 Å². The molecule has 3 N–H and O–H groups in total. The van der Waals surface area contributed by atoms with Gasteiger partial charge >= 0.3 is 12.1 Å². The van der Waals surface area contributed by atoms with Crippen LogP contribution >= 0.6 is 0 Å². The molecular formula is C13H16F3NO2. The first kappa shape index (κ1) is 15.5. The Kier molecular flexibility index (Phi) is 3.95. The molecule has 1 unspecified atom stereocenters. The normalized spacial score (nSPS) is 15.1. The highest BCUT2D eigenvalue weighted by atomic mass is 19.4. The van der Waals surface area contributed by atoms with E-state index in [9.17, 15) is 18.0 Å². The van der Waals surface area contributed by atoms with Gasteiger partial charge in [0.25, 0.3) is 0 Å². The van der Waals surface area contributed by atoms with Crippen molar-refractivity contribution in [2.45, 2.75) is 38.9 Å². The number of carboxylic acids is 1. The molecule has 0 saturated heterocycles. The summed E-state index contributed by atoms with van der Waals surface area (Å²) < 4.78 is 38.6. The highest BCUT2D eigenvalue weighted by Gasteiger charge is 2.58. The van der Waals surface area contributed by atoms with Crippen LogP contribution < -0.4 is 5.73 Å². The molecule has 0 aliphatic heterocycles. The smallest absolute Gasteiger partial charge is 0.417 e. The third-order valence-corrected chi connectivity index (χ3v) is 3.18. The highest BCUT2D eigenvalue weighted by Crippen LogP contribution is 2.33. The van der Waals surface area contributed by atoms with E-state index < -0.39 is 24.1 Å². The van der Waals surface area contributed by atoms with Gasteiger partial charge in [0, 0.05) is 6.42 Å². The number of alkyl halides is 3. The molecule has 0 aliphatic carbocycles. The van der Waals surface area contributed by atoms with E-state index in [-0.39, 0.29) is 0 Å². The van der Waals surface area contributed by atoms with Crippen LogP contribution in [0.15, 0.2) is 12.1 Å². The predicted octanol–water partition coefficient (Wildman–Crippen LogP) is 2.50. The van der Waals surface area contributed by atoms with Crippen LogP contribution in [0.1, 0.15) is 22.3 Å². The maximum atomic E-state index is 12.9. The number of halogens is 3. The van der Waals surface area contributed by atoms with Crippen LogP contribution in [-0.4, -0.2) is 22.8 Å². The molecule has 0 spiro atoms. The molecule has 0 saturated carbocycles. The van der Waals surface area contributed by atoms with Crippen molar-refractivity contribution >= 4 is 5.97 Å². The summed E-state index contributed by atoms with van der Waals surface area (Å²) >= 11 is 0. The molecule has 0 fully saturated rings. The quantitative estimate of drug-likeness (QED) is 0.890. The number of hydrogen-bond acceptors (Lipinski definition) is 2. The Labute approximate surface area is 109 Å². The summed E-state index contributed by atoms with van der Waals surface area (Å²) in [4.78, 5) is 10.9. The van der Waals surface area contributed by atoms with Crippen LogP contribution in [-0.2, 0) is 11.2 Å². The molecule has 0 aliphatic rings. The number of aliphatic carboxylic acids is 1. The summed E-state index contributed by atoms with van der Waals surface area (Å²) in [5, 5.41) is 8.82. The van der Waals surface area contributed by atoms with E-state index in [0.717, 1.165) is 5.56 Å². The lowest BCUT2D eigenvalue weighted by molar-refractivity contribution is -0.201. The molecule has 1 atom stereocenters. The van der Waals surface area contributed by atoms with Crippen LogP contribution in [0.4, 0.5) is 13.2 Å². The standard InChI is InChI=1S/C13H16F3NO2/c1-7-4-8(2)10(9(3)5-7)6-12(17,11(18)19)13(14,15)16/h4-5H,6,17H2,1-3H3,(H,18,19). The van der Waals surface area contributed by atoms with Crippen molar-refractivity contribution in [2.75, 3.05) is 0 Å². The minimum absolute atomic E-state index is 0.327. The fourth-order valence-electron chi connectivity index (χ4n) is 2.06. The van der Waals surface area contributed by atoms with Gasteiger partial charge in [-0.25, -0.2) is 4.79 Å². The number of rotatable bonds is 3. The minimum atomic E-state index is -5.01. The third kappa shape index (κ3) is 2.89. The van der Waals surface area contributed by atoms with E-state index in [4.69, 9.17) is 10.8 Å². The van der Waals surface area contributed by atoms with Crippen molar-refractivity contribution in [3.05, 3.63) is 34.4 Å². The van der Waals surface area contributed by atoms with Gasteiger partial charge in [-0.1, -0.05) is 17.7 Å². The third-order valence-electron chi connectivity index (χ3n) is 3.18. The molecule has 0 bridgehead atoms. The Morgan fingerprint density at radius 3 is 1.95 bits per heavy atom. The van der Waals surface area contributed by atoms with Gasteiger partial charge in [-0.3, -0.25) is 0 Å². The molecule has 3 nitrogen and oxygen atoms in total. The van der Waals surface area contributed by atoms with Gasteiger partial charge in [0.1, 0.15) is 0 Å². The second kappa shape index (κ2) is 4.85. The summed E-state index contributed by atoms with van der Waals surface area (Å²) in [5.41, 5.74) is 4.29. The lowest BCUT2D eigenvalue weighted by atomic mass is 9.86. The number of carboxylic acid groups (broad SMARTS) is 1. The Balaban J connectivity index is 3.30. The van der Waals surface area contributed by atoms with Crippen LogP contribution in [0.3, 0.4) is 0 Å². The average Bonchev–Trinajstić information content (AvgIpc) is 2.20. The zero-order valence-corrected chi connectivity index (χ0v) is 10.9. The van der Waals surface area contributed by atoms with Crippen molar-refractivity contribution in [1.82, 2.24) is 0 Å². The zero-order valence-electron chi connectivity index (χ0n) is 10.9. The maximum Gasteiger partial charge on any atom is 0.417 e. The number of benzene rings is 1. The molecule has 1 aromatic carbocycles. The molecule has 6 heteroatoms. The number of aryl methyl sites for hydroxylation is 3. The summed E-state index contributed by atoms with van der Waals surface area (Å²) in [6.45, 7) is 5.11. The highest BCUT2D eigenvalue weighted by molar-refractivity contribution is 5.80. The largest absolute Gasteiger partial charge is 0.480 e. The number of hydrogen-bond donors (Lipinski definition) is 2. The molecule has 0 amide bonds. The topological polar surface area (TPSA) is 63.3 Å². The van der Waals surface area contributed by atoms with E-state index in [1.54, 1.807) is 26.0 Å². The molecular weight excluding hydrogens is 259 g/mol. The van der Waals surface area contributed by atoms with Gasteiger partial charge in [-0.15, -0.1) is 0 Å². The molecule has 0 radical (unpaired) electrons. The Hall–Kier alpha value is -1.56. The van der Waals surface area contributed by atoms with E-state index in [2.05, 4.69) is 0 Å². The second-order valence-corrected chi connectivity index (χ2v) is 4.83. The van der Waals surface area contributed by atoms with E-state index in [1.807, 2.05) is 6.92 Å². The lowest BCUT2D eigenvalue weighted by Crippen LogP contribution is -2.61. The van der Waals surface area contributed by atoms with Crippen molar-refractivity contribution < 1.29 is 23.1 Å². The van der Waals surface area contributed by atoms with Gasteiger partial charge in [0.15, 0.2) is 0 Å². The summed E-state index contributed by atoms with van der Waals surface area (Å²) in [7, 11) is 0. The van der Waals surface area contributed by atoms with Crippen molar-refractivity contribution in [3.8, 4) is 0 Å². The maximum absolute atomic E-state index is 12.9. The van der Waals surface area contributed by atoms with Gasteiger partial charge in [-0.05, 0) is 37.5 Å². The minimum Gasteiger partial charge on any atom is -0.480 e. The monoisotopic (exact) mass is 275 g/mol. The summed E-state index contributed by atoms with van der Waals surface area (Å²) in [6, 6.07) is 3.42. The molecule has 1 rings (SSSR count). The zero-order chi connectivity index (χ0) is 15.0. The molecule has 19 heavy (non-hydrogen) atoms. The Bertz CT molecular complexity index is 488. The summed E-state index contributed by atoms with van der Waals surface area (Å²) in [6.07, 6.45) is -5.79. The average molecular weight is 275 g/mol. The van der Waals surface area contributed by atoms with Gasteiger partial charge in [-0.2, -0.15) is 13.2 Å². The molecule has 0 heterocycles. The first-order chi connectivity index (χ1) is 8.49. The first-order valence-electron chi connectivity index (χ1n) is 5.65. The lowest BCUT2D eigenvalue weighted by Gasteiger charge is -2.28. The molecule has 0 aromatic heterocycles. The summed E-state index contributed by atoms with van der Waals surface area (Å²) in [5.74, 6) is -2.07. The van der Waals surface area contributed by atoms with Gasteiger partial charge < -0.3 is 10.8 Å².